The van der Waals surface area contributed by atoms with Crippen LogP contribution in [0.3, 0.4) is 0 Å². The molecule has 0 saturated carbocycles. The Balaban J connectivity index is 1.63. The molecule has 0 bridgehead atoms. The quantitative estimate of drug-likeness (QED) is 0.830. The van der Waals surface area contributed by atoms with Gasteiger partial charge in [-0.1, -0.05) is 37.3 Å². The van der Waals surface area contributed by atoms with Crippen LogP contribution in [0.15, 0.2) is 35.4 Å². The maximum absolute atomic E-state index is 12.4. The molecule has 7 nitrogen and oxygen atoms in total. The molecule has 0 unspecified atom stereocenters. The second kappa shape index (κ2) is 7.57. The predicted molar refractivity (Wildman–Crippen MR) is 98.4 cm³/mol. The molecule has 1 saturated heterocycles. The molecule has 2 atom stereocenters. The Bertz CT molecular complexity index is 820. The van der Waals surface area contributed by atoms with Gasteiger partial charge < -0.3 is 5.32 Å². The summed E-state index contributed by atoms with van der Waals surface area (Å²) in [5.74, 6) is -0.385. The van der Waals surface area contributed by atoms with Crippen LogP contribution in [-0.2, 0) is 19.4 Å². The Morgan fingerprint density at radius 3 is 2.69 bits per heavy atom. The molecule has 3 rings (SSSR count). The number of carbonyl (C=O) groups is 2. The third-order valence-corrected chi connectivity index (χ3v) is 6.56. The van der Waals surface area contributed by atoms with Crippen molar-refractivity contribution in [3.63, 3.8) is 0 Å². The average molecular weight is 377 g/mol. The number of hydrogen-bond donors (Lipinski definition) is 1. The van der Waals surface area contributed by atoms with Gasteiger partial charge in [0.1, 0.15) is 5.71 Å². The van der Waals surface area contributed by atoms with E-state index in [2.05, 4.69) is 10.4 Å². The molecule has 2 aliphatic heterocycles. The maximum Gasteiger partial charge on any atom is 0.267 e. The van der Waals surface area contributed by atoms with Crippen molar-refractivity contribution >= 4 is 27.4 Å². The maximum atomic E-state index is 12.4. The van der Waals surface area contributed by atoms with Crippen LogP contribution in [0.25, 0.3) is 0 Å². The van der Waals surface area contributed by atoms with E-state index in [1.807, 2.05) is 37.3 Å². The van der Waals surface area contributed by atoms with Crippen LogP contribution in [0.5, 0.6) is 0 Å². The van der Waals surface area contributed by atoms with Gasteiger partial charge in [0.2, 0.25) is 5.91 Å². The van der Waals surface area contributed by atoms with Gasteiger partial charge in [0.15, 0.2) is 9.84 Å². The summed E-state index contributed by atoms with van der Waals surface area (Å²) >= 11 is 0. The first kappa shape index (κ1) is 18.6. The van der Waals surface area contributed by atoms with E-state index in [0.29, 0.717) is 13.0 Å². The van der Waals surface area contributed by atoms with Gasteiger partial charge in [-0.05, 0) is 17.9 Å². The van der Waals surface area contributed by atoms with Crippen molar-refractivity contribution in [2.24, 2.45) is 5.10 Å². The third-order valence-electron chi connectivity index (χ3n) is 4.81. The number of nitrogens with zero attached hydrogens (tertiary/aromatic N) is 2. The van der Waals surface area contributed by atoms with Crippen LogP contribution >= 0.6 is 0 Å². The zero-order valence-electron chi connectivity index (χ0n) is 14.7. The monoisotopic (exact) mass is 377 g/mol. The summed E-state index contributed by atoms with van der Waals surface area (Å²) < 4.78 is 23.3. The predicted octanol–water partition coefficient (Wildman–Crippen LogP) is 1.07. The van der Waals surface area contributed by atoms with Crippen molar-refractivity contribution in [2.45, 2.75) is 38.1 Å². The topological polar surface area (TPSA) is 95.9 Å². The molecule has 0 aliphatic carbocycles. The zero-order valence-corrected chi connectivity index (χ0v) is 15.5. The summed E-state index contributed by atoms with van der Waals surface area (Å²) in [6.45, 7) is 2.49. The van der Waals surface area contributed by atoms with E-state index in [1.54, 1.807) is 0 Å². The Morgan fingerprint density at radius 1 is 1.31 bits per heavy atom. The second-order valence-electron chi connectivity index (χ2n) is 6.86. The van der Waals surface area contributed by atoms with Crippen LogP contribution in [0, 0.1) is 0 Å². The first-order valence-corrected chi connectivity index (χ1v) is 10.6. The van der Waals surface area contributed by atoms with E-state index in [4.69, 9.17) is 0 Å². The van der Waals surface area contributed by atoms with E-state index in [1.165, 1.54) is 5.01 Å². The molecule has 1 N–H and O–H groups in total. The number of benzene rings is 1. The highest BCUT2D eigenvalue weighted by Crippen LogP contribution is 2.22. The van der Waals surface area contributed by atoms with Crippen LogP contribution in [0.4, 0.5) is 0 Å². The number of nitrogens with one attached hydrogen (secondary N) is 1. The van der Waals surface area contributed by atoms with E-state index in [9.17, 15) is 18.0 Å². The Kier molecular flexibility index (Phi) is 5.41. The number of hydrazone groups is 1. The van der Waals surface area contributed by atoms with Crippen molar-refractivity contribution < 1.29 is 18.0 Å². The Hall–Kier alpha value is -2.22. The summed E-state index contributed by atoms with van der Waals surface area (Å²) in [5, 5.41) is 8.26. The number of rotatable bonds is 5. The summed E-state index contributed by atoms with van der Waals surface area (Å²) in [7, 11) is -3.12. The van der Waals surface area contributed by atoms with Crippen LogP contribution in [-0.4, -0.2) is 55.0 Å². The van der Waals surface area contributed by atoms with Gasteiger partial charge in [-0.25, -0.2) is 13.4 Å². The molecule has 1 fully saturated rings. The third kappa shape index (κ3) is 4.30. The first-order valence-electron chi connectivity index (χ1n) is 8.79. The second-order valence-corrected chi connectivity index (χ2v) is 9.09. The molecule has 2 amide bonds. The average Bonchev–Trinajstić information content (AvgIpc) is 3.00. The molecule has 1 aromatic rings. The number of carbonyl (C=O) groups excluding carboxylic acids is 2. The van der Waals surface area contributed by atoms with Gasteiger partial charge in [-0.2, -0.15) is 5.10 Å². The van der Waals surface area contributed by atoms with Crippen molar-refractivity contribution in [2.75, 3.05) is 18.1 Å². The molecule has 8 heteroatoms. The smallest absolute Gasteiger partial charge is 0.267 e. The van der Waals surface area contributed by atoms with E-state index < -0.39 is 15.9 Å². The van der Waals surface area contributed by atoms with E-state index >= 15 is 0 Å². The van der Waals surface area contributed by atoms with Crippen molar-refractivity contribution in [1.82, 2.24) is 10.3 Å². The summed E-state index contributed by atoms with van der Waals surface area (Å²) in [6, 6.07) is 9.42. The lowest BCUT2D eigenvalue weighted by Crippen LogP contribution is -2.44. The molecular formula is C18H23N3O4S. The molecule has 0 spiro atoms. The first-order chi connectivity index (χ1) is 12.4. The SMILES string of the molecule is C[C@H](CNC(=O)C1=NN([C@H]2CCS(=O)(=O)C2)C(=O)CC1)c1ccccc1. The minimum atomic E-state index is -3.12. The number of sulfone groups is 1. The van der Waals surface area contributed by atoms with E-state index in [-0.39, 0.29) is 47.8 Å². The lowest BCUT2D eigenvalue weighted by molar-refractivity contribution is -0.133. The summed E-state index contributed by atoms with van der Waals surface area (Å²) in [4.78, 5) is 24.5. The largest absolute Gasteiger partial charge is 0.350 e. The van der Waals surface area contributed by atoms with Gasteiger partial charge in [-0.15, -0.1) is 0 Å². The number of hydrogen-bond acceptors (Lipinski definition) is 5. The highest BCUT2D eigenvalue weighted by Gasteiger charge is 2.37. The molecule has 0 aromatic heterocycles. The van der Waals surface area contributed by atoms with Gasteiger partial charge in [-0.3, -0.25) is 9.59 Å². The van der Waals surface area contributed by atoms with Crippen LogP contribution in [0.1, 0.15) is 37.7 Å². The number of amides is 2. The van der Waals surface area contributed by atoms with Gasteiger partial charge in [0, 0.05) is 19.4 Å². The van der Waals surface area contributed by atoms with E-state index in [0.717, 1.165) is 5.56 Å². The standard InChI is InChI=1S/C18H23N3O4S/c1-13(14-5-3-2-4-6-14)11-19-18(23)16-7-8-17(22)21(20-16)15-9-10-26(24,25)12-15/h2-6,13,15H,7-12H2,1H3,(H,19,23)/t13-,15+/m1/s1. The fraction of sp³-hybridized carbons (Fsp3) is 0.500. The molecule has 26 heavy (non-hydrogen) atoms. The lowest BCUT2D eigenvalue weighted by Gasteiger charge is -2.27. The van der Waals surface area contributed by atoms with Gasteiger partial charge in [0.05, 0.1) is 17.5 Å². The minimum Gasteiger partial charge on any atom is -0.350 e. The van der Waals surface area contributed by atoms with Gasteiger partial charge >= 0.3 is 0 Å². The lowest BCUT2D eigenvalue weighted by atomic mass is 10.0. The summed E-state index contributed by atoms with van der Waals surface area (Å²) in [6.07, 6.45) is 0.828. The Labute approximate surface area is 153 Å². The highest BCUT2D eigenvalue weighted by atomic mass is 32.2. The fourth-order valence-corrected chi connectivity index (χ4v) is 4.93. The zero-order chi connectivity index (χ0) is 18.7. The van der Waals surface area contributed by atoms with Crippen molar-refractivity contribution in [3.05, 3.63) is 35.9 Å². The molecule has 2 aliphatic rings. The minimum absolute atomic E-state index is 0.0626. The fourth-order valence-electron chi connectivity index (χ4n) is 3.24. The highest BCUT2D eigenvalue weighted by molar-refractivity contribution is 7.91. The molecular weight excluding hydrogens is 354 g/mol. The van der Waals surface area contributed by atoms with Crippen LogP contribution < -0.4 is 5.32 Å². The molecule has 1 aromatic carbocycles. The molecule has 2 heterocycles. The van der Waals surface area contributed by atoms with Gasteiger partial charge in [0.25, 0.3) is 5.91 Å². The Morgan fingerprint density at radius 2 is 2.04 bits per heavy atom. The van der Waals surface area contributed by atoms with Crippen LogP contribution in [0.2, 0.25) is 0 Å². The normalized spacial score (nSPS) is 23.4. The molecule has 140 valence electrons. The summed E-state index contributed by atoms with van der Waals surface area (Å²) in [5.41, 5.74) is 1.42. The van der Waals surface area contributed by atoms with Crippen molar-refractivity contribution in [3.8, 4) is 0 Å². The molecule has 0 radical (unpaired) electrons. The van der Waals surface area contributed by atoms with Crippen molar-refractivity contribution in [1.29, 1.82) is 0 Å².